The first kappa shape index (κ1) is 21.7. The van der Waals surface area contributed by atoms with Crippen molar-refractivity contribution < 1.29 is 15.0 Å². The lowest BCUT2D eigenvalue weighted by molar-refractivity contribution is 0.0691. The summed E-state index contributed by atoms with van der Waals surface area (Å²) in [6, 6.07) is 6.92. The van der Waals surface area contributed by atoms with E-state index < -0.39 is 22.8 Å². The molecule has 3 heterocycles. The van der Waals surface area contributed by atoms with Gasteiger partial charge in [-0.3, -0.25) is 4.79 Å². The molecule has 5 rings (SSSR count). The van der Waals surface area contributed by atoms with Crippen molar-refractivity contribution in [1.82, 2.24) is 9.88 Å². The van der Waals surface area contributed by atoms with Gasteiger partial charge in [0.05, 0.1) is 5.69 Å². The molecule has 0 radical (unpaired) electrons. The van der Waals surface area contributed by atoms with Gasteiger partial charge in [0, 0.05) is 35.9 Å². The number of carbonyl (C=O) groups is 1. The molecule has 1 aliphatic carbocycles. The van der Waals surface area contributed by atoms with Gasteiger partial charge in [-0.1, -0.05) is 6.07 Å². The van der Waals surface area contributed by atoms with E-state index in [4.69, 9.17) is 0 Å². The molecule has 2 atom stereocenters. The number of anilines is 1. The number of aryl methyl sites for hydroxylation is 1. The number of likely N-dealkylation sites (tertiary alicyclic amines) is 1. The highest BCUT2D eigenvalue weighted by Crippen LogP contribution is 2.39. The molecule has 2 aliphatic heterocycles. The number of hydrogen-bond acceptors (Lipinski definition) is 5. The number of aromatic amines is 1. The zero-order chi connectivity index (χ0) is 21.0. The number of fused-ring (bicyclic) bond motifs is 4. The quantitative estimate of drug-likeness (QED) is 0.657. The standard InChI is InChI=1S/C23H27N3O4.ClH/c1-25-9-3-5-14-11-26(12-18(14)25)15-7-8-16-13(10-15)4-2-6-17-20(16)24-22(28)19(21(17)27)23(29)30;/h7-8,10,14,18H,2-6,9,11-12H2,1H3,(H,29,30)(H2,24,27,28);1H/t14-,18+;/m1./s1. The molecule has 8 heteroatoms. The molecule has 7 nitrogen and oxygen atoms in total. The number of aromatic hydroxyl groups is 1. The summed E-state index contributed by atoms with van der Waals surface area (Å²) >= 11 is 0. The van der Waals surface area contributed by atoms with E-state index in [1.165, 1.54) is 25.1 Å². The first-order valence-electron chi connectivity index (χ1n) is 10.7. The first-order chi connectivity index (χ1) is 14.4. The summed E-state index contributed by atoms with van der Waals surface area (Å²) in [5, 5.41) is 19.8. The molecule has 2 fully saturated rings. The van der Waals surface area contributed by atoms with Crippen molar-refractivity contribution in [2.24, 2.45) is 5.92 Å². The number of H-pyrrole nitrogens is 1. The molecule has 2 aromatic rings. The second kappa shape index (κ2) is 8.20. The van der Waals surface area contributed by atoms with Gasteiger partial charge in [0.15, 0.2) is 5.56 Å². The number of carboxylic acids is 1. The molecule has 3 aliphatic rings. The zero-order valence-corrected chi connectivity index (χ0v) is 18.4. The number of piperidine rings is 1. The lowest BCUT2D eigenvalue weighted by Gasteiger charge is -2.33. The van der Waals surface area contributed by atoms with Crippen LogP contribution in [-0.4, -0.2) is 58.8 Å². The summed E-state index contributed by atoms with van der Waals surface area (Å²) in [7, 11) is 2.22. The van der Waals surface area contributed by atoms with Gasteiger partial charge >= 0.3 is 5.97 Å². The van der Waals surface area contributed by atoms with Gasteiger partial charge in [0.2, 0.25) is 0 Å². The fourth-order valence-corrected chi connectivity index (χ4v) is 5.60. The van der Waals surface area contributed by atoms with Crippen molar-refractivity contribution >= 4 is 24.1 Å². The van der Waals surface area contributed by atoms with Crippen LogP contribution in [0, 0.1) is 5.92 Å². The fourth-order valence-electron chi connectivity index (χ4n) is 5.60. The predicted molar refractivity (Wildman–Crippen MR) is 122 cm³/mol. The first-order valence-corrected chi connectivity index (χ1v) is 10.7. The number of nitrogens with zero attached hydrogens (tertiary/aromatic N) is 2. The van der Waals surface area contributed by atoms with Gasteiger partial charge in [0.1, 0.15) is 5.75 Å². The van der Waals surface area contributed by atoms with Gasteiger partial charge in [-0.25, -0.2) is 4.79 Å². The summed E-state index contributed by atoms with van der Waals surface area (Å²) in [5.41, 5.74) is 2.95. The minimum atomic E-state index is -1.41. The van der Waals surface area contributed by atoms with Crippen molar-refractivity contribution in [3.63, 3.8) is 0 Å². The predicted octanol–water partition coefficient (Wildman–Crippen LogP) is 2.89. The van der Waals surface area contributed by atoms with Crippen LogP contribution in [-0.2, 0) is 12.8 Å². The SMILES string of the molecule is CN1CCC[C@@H]2CN(c3ccc4c(c3)CCCc3c-4[nH]c(=O)c(C(=O)O)c3O)C[C@@H]21.Cl. The molecule has 166 valence electrons. The summed E-state index contributed by atoms with van der Waals surface area (Å²) in [6.45, 7) is 3.28. The lowest BCUT2D eigenvalue weighted by Crippen LogP contribution is -2.42. The second-order valence-corrected chi connectivity index (χ2v) is 8.89. The van der Waals surface area contributed by atoms with E-state index in [-0.39, 0.29) is 12.4 Å². The number of aromatic carboxylic acids is 1. The number of likely N-dealkylation sites (N-methyl/N-ethyl adjacent to an activating group) is 1. The van der Waals surface area contributed by atoms with Crippen LogP contribution in [0.5, 0.6) is 5.75 Å². The Kier molecular flexibility index (Phi) is 5.75. The third kappa shape index (κ3) is 3.59. The van der Waals surface area contributed by atoms with Gasteiger partial charge < -0.3 is 25.0 Å². The van der Waals surface area contributed by atoms with E-state index in [0.717, 1.165) is 37.1 Å². The van der Waals surface area contributed by atoms with Crippen molar-refractivity contribution in [3.05, 3.63) is 45.2 Å². The maximum atomic E-state index is 12.3. The maximum absolute atomic E-state index is 12.3. The Balaban J connectivity index is 0.00000231. The van der Waals surface area contributed by atoms with E-state index in [2.05, 4.69) is 34.0 Å². The molecule has 0 bridgehead atoms. The number of halogens is 1. The van der Waals surface area contributed by atoms with Gasteiger partial charge in [-0.15, -0.1) is 12.4 Å². The third-order valence-electron chi connectivity index (χ3n) is 7.16. The van der Waals surface area contributed by atoms with Crippen LogP contribution in [0.4, 0.5) is 5.69 Å². The van der Waals surface area contributed by atoms with Gasteiger partial charge in [-0.05, 0) is 69.3 Å². The zero-order valence-electron chi connectivity index (χ0n) is 17.6. The van der Waals surface area contributed by atoms with E-state index in [1.807, 2.05) is 6.07 Å². The van der Waals surface area contributed by atoms with Crippen LogP contribution in [0.25, 0.3) is 11.3 Å². The number of pyridine rings is 1. The molecule has 0 unspecified atom stereocenters. The van der Waals surface area contributed by atoms with E-state index in [9.17, 15) is 19.8 Å². The van der Waals surface area contributed by atoms with Crippen LogP contribution in [0.2, 0.25) is 0 Å². The molecule has 1 aromatic carbocycles. The van der Waals surface area contributed by atoms with Crippen LogP contribution < -0.4 is 10.5 Å². The van der Waals surface area contributed by atoms with E-state index >= 15 is 0 Å². The van der Waals surface area contributed by atoms with Gasteiger partial charge in [0.25, 0.3) is 5.56 Å². The van der Waals surface area contributed by atoms with Crippen molar-refractivity contribution in [2.45, 2.75) is 38.1 Å². The molecule has 31 heavy (non-hydrogen) atoms. The smallest absolute Gasteiger partial charge is 0.345 e. The van der Waals surface area contributed by atoms with Crippen LogP contribution in [0.15, 0.2) is 23.0 Å². The van der Waals surface area contributed by atoms with Crippen molar-refractivity contribution in [3.8, 4) is 17.0 Å². The fraction of sp³-hybridized carbons (Fsp3) is 0.478. The Bertz CT molecular complexity index is 1080. The maximum Gasteiger partial charge on any atom is 0.345 e. The number of hydrogen-bond donors (Lipinski definition) is 3. The topological polar surface area (TPSA) is 96.9 Å². The third-order valence-corrected chi connectivity index (χ3v) is 7.16. The molecule has 3 N–H and O–H groups in total. The highest BCUT2D eigenvalue weighted by Gasteiger charge is 2.37. The Labute approximate surface area is 187 Å². The highest BCUT2D eigenvalue weighted by molar-refractivity contribution is 5.92. The minimum absolute atomic E-state index is 0. The summed E-state index contributed by atoms with van der Waals surface area (Å²) in [5.74, 6) is -1.09. The second-order valence-electron chi connectivity index (χ2n) is 8.89. The Morgan fingerprint density at radius 3 is 2.74 bits per heavy atom. The van der Waals surface area contributed by atoms with Crippen molar-refractivity contribution in [2.75, 3.05) is 31.6 Å². The Hall–Kier alpha value is -2.51. The minimum Gasteiger partial charge on any atom is -0.506 e. The number of nitrogens with one attached hydrogen (secondary N) is 1. The van der Waals surface area contributed by atoms with Crippen LogP contribution in [0.1, 0.15) is 40.7 Å². The number of rotatable bonds is 2. The average Bonchev–Trinajstić information content (AvgIpc) is 3.06. The van der Waals surface area contributed by atoms with Crippen LogP contribution >= 0.6 is 12.4 Å². The van der Waals surface area contributed by atoms with Crippen LogP contribution in [0.3, 0.4) is 0 Å². The Morgan fingerprint density at radius 1 is 1.19 bits per heavy atom. The van der Waals surface area contributed by atoms with E-state index in [1.54, 1.807) is 0 Å². The number of benzene rings is 1. The lowest BCUT2D eigenvalue weighted by atomic mass is 9.93. The molecular weight excluding hydrogens is 418 g/mol. The highest BCUT2D eigenvalue weighted by atomic mass is 35.5. The summed E-state index contributed by atoms with van der Waals surface area (Å²) < 4.78 is 0. The normalized spacial score (nSPS) is 22.7. The number of carboxylic acid groups (broad SMARTS) is 1. The molecule has 0 spiro atoms. The molecule has 1 aromatic heterocycles. The molecular formula is C23H28ClN3O4. The van der Waals surface area contributed by atoms with Gasteiger partial charge in [-0.2, -0.15) is 0 Å². The largest absolute Gasteiger partial charge is 0.506 e. The molecule has 0 amide bonds. The molecule has 2 saturated heterocycles. The monoisotopic (exact) mass is 445 g/mol. The molecule has 0 saturated carbocycles. The van der Waals surface area contributed by atoms with E-state index in [0.29, 0.717) is 29.6 Å². The summed E-state index contributed by atoms with van der Waals surface area (Å²) in [6.07, 6.45) is 4.69. The number of aromatic nitrogens is 1. The average molecular weight is 446 g/mol. The van der Waals surface area contributed by atoms with Crippen molar-refractivity contribution in [1.29, 1.82) is 0 Å². The summed E-state index contributed by atoms with van der Waals surface area (Å²) in [4.78, 5) is 31.4. The Morgan fingerprint density at radius 2 is 2.00 bits per heavy atom.